The summed E-state index contributed by atoms with van der Waals surface area (Å²) in [6.45, 7) is 4.29. The molecule has 0 bridgehead atoms. The molecule has 0 saturated heterocycles. The van der Waals surface area contributed by atoms with Crippen molar-refractivity contribution in [3.05, 3.63) is 21.3 Å². The van der Waals surface area contributed by atoms with Crippen LogP contribution in [-0.4, -0.2) is 30.4 Å². The van der Waals surface area contributed by atoms with Crippen LogP contribution in [0.25, 0.3) is 0 Å². The van der Waals surface area contributed by atoms with Crippen LogP contribution in [0.5, 0.6) is 0 Å². The van der Waals surface area contributed by atoms with Gasteiger partial charge in [-0.05, 0) is 26.0 Å². The van der Waals surface area contributed by atoms with Crippen LogP contribution in [0.15, 0.2) is 12.1 Å². The monoisotopic (exact) mass is 299 g/mol. The molecule has 0 saturated carbocycles. The van der Waals surface area contributed by atoms with Crippen LogP contribution in [0, 0.1) is 11.3 Å². The highest BCUT2D eigenvalue weighted by Crippen LogP contribution is 2.26. The molecule has 19 heavy (non-hydrogen) atoms. The number of nitrogens with one attached hydrogen (secondary N) is 1. The van der Waals surface area contributed by atoms with Gasteiger partial charge in [-0.15, -0.1) is 11.3 Å². The van der Waals surface area contributed by atoms with Gasteiger partial charge in [-0.1, -0.05) is 11.6 Å². The Hall–Kier alpha value is -1.09. The first-order valence-electron chi connectivity index (χ1n) is 6.09. The Morgan fingerprint density at radius 3 is 2.79 bits per heavy atom. The van der Waals surface area contributed by atoms with Crippen molar-refractivity contribution in [3.8, 4) is 6.07 Å². The van der Waals surface area contributed by atoms with E-state index >= 15 is 0 Å². The van der Waals surface area contributed by atoms with Crippen LogP contribution in [0.3, 0.4) is 0 Å². The molecular weight excluding hydrogens is 282 g/mol. The van der Waals surface area contributed by atoms with Crippen molar-refractivity contribution in [2.75, 3.05) is 13.6 Å². The summed E-state index contributed by atoms with van der Waals surface area (Å²) in [7, 11) is 1.71. The van der Waals surface area contributed by atoms with E-state index < -0.39 is 0 Å². The third-order valence-electron chi connectivity index (χ3n) is 2.83. The summed E-state index contributed by atoms with van der Waals surface area (Å²) in [4.78, 5) is 14.7. The topological polar surface area (TPSA) is 56.1 Å². The summed E-state index contributed by atoms with van der Waals surface area (Å²) in [5.74, 6) is -0.00949. The molecule has 104 valence electrons. The maximum Gasteiger partial charge on any atom is 0.239 e. The molecule has 1 amide bonds. The number of carbonyl (C=O) groups excluding carboxylic acids is 1. The van der Waals surface area contributed by atoms with Gasteiger partial charge in [-0.3, -0.25) is 10.1 Å². The second-order valence-corrected chi connectivity index (χ2v) is 6.17. The van der Waals surface area contributed by atoms with Gasteiger partial charge in [0.2, 0.25) is 5.91 Å². The molecule has 2 atom stereocenters. The normalized spacial score (nSPS) is 13.6. The number of thiophene rings is 1. The average molecular weight is 300 g/mol. The molecule has 4 nitrogen and oxygen atoms in total. The lowest BCUT2D eigenvalue weighted by atomic mass is 10.2. The van der Waals surface area contributed by atoms with Crippen LogP contribution >= 0.6 is 22.9 Å². The molecule has 0 radical (unpaired) electrons. The summed E-state index contributed by atoms with van der Waals surface area (Å²) in [6, 6.07) is 5.62. The van der Waals surface area contributed by atoms with E-state index in [4.69, 9.17) is 16.9 Å². The summed E-state index contributed by atoms with van der Waals surface area (Å²) in [5, 5.41) is 11.8. The Labute approximate surface area is 123 Å². The highest BCUT2D eigenvalue weighted by atomic mass is 35.5. The smallest absolute Gasteiger partial charge is 0.239 e. The molecular formula is C13H18ClN3OS. The summed E-state index contributed by atoms with van der Waals surface area (Å²) < 4.78 is 0.744. The number of likely N-dealkylation sites (N-methyl/N-ethyl adjacent to an activating group) is 1. The van der Waals surface area contributed by atoms with Gasteiger partial charge in [-0.25, -0.2) is 0 Å². The lowest BCUT2D eigenvalue weighted by Gasteiger charge is -2.23. The number of amides is 1. The van der Waals surface area contributed by atoms with E-state index in [1.165, 1.54) is 11.3 Å². The van der Waals surface area contributed by atoms with Gasteiger partial charge in [0.1, 0.15) is 0 Å². The number of hydrogen-bond acceptors (Lipinski definition) is 4. The van der Waals surface area contributed by atoms with Crippen molar-refractivity contribution in [3.63, 3.8) is 0 Å². The molecule has 1 aromatic heterocycles. The molecule has 1 rings (SSSR count). The number of rotatable bonds is 6. The first-order chi connectivity index (χ1) is 8.95. The van der Waals surface area contributed by atoms with E-state index in [2.05, 4.69) is 5.32 Å². The largest absolute Gasteiger partial charge is 0.343 e. The average Bonchev–Trinajstić information content (AvgIpc) is 2.81. The van der Waals surface area contributed by atoms with Crippen LogP contribution in [0.4, 0.5) is 0 Å². The maximum absolute atomic E-state index is 12.1. The zero-order chi connectivity index (χ0) is 14.4. The highest BCUT2D eigenvalue weighted by Gasteiger charge is 2.20. The number of nitrogens with zero attached hydrogens (tertiary/aromatic N) is 2. The van der Waals surface area contributed by atoms with E-state index in [1.807, 2.05) is 32.0 Å². The number of halogens is 1. The predicted molar refractivity (Wildman–Crippen MR) is 78.2 cm³/mol. The fraction of sp³-hybridized carbons (Fsp3) is 0.538. The Balaban J connectivity index is 2.52. The van der Waals surface area contributed by atoms with Crippen molar-refractivity contribution < 1.29 is 4.79 Å². The van der Waals surface area contributed by atoms with Crippen molar-refractivity contribution >= 4 is 28.8 Å². The molecule has 1 N–H and O–H groups in total. The summed E-state index contributed by atoms with van der Waals surface area (Å²) >= 11 is 7.40. The van der Waals surface area contributed by atoms with Gasteiger partial charge in [0.05, 0.1) is 22.9 Å². The van der Waals surface area contributed by atoms with Crippen LogP contribution in [-0.2, 0) is 4.79 Å². The zero-order valence-electron chi connectivity index (χ0n) is 11.3. The molecule has 0 spiro atoms. The Bertz CT molecular complexity index is 469. The third-order valence-corrected chi connectivity index (χ3v) is 4.24. The Morgan fingerprint density at radius 1 is 1.58 bits per heavy atom. The van der Waals surface area contributed by atoms with Crippen molar-refractivity contribution in [1.29, 1.82) is 5.26 Å². The van der Waals surface area contributed by atoms with Gasteiger partial charge in [-0.2, -0.15) is 5.26 Å². The Kier molecular flexibility index (Phi) is 6.29. The summed E-state index contributed by atoms with van der Waals surface area (Å²) in [5.41, 5.74) is 0. The number of carbonyl (C=O) groups is 1. The van der Waals surface area contributed by atoms with Crippen molar-refractivity contribution in [1.82, 2.24) is 10.2 Å². The molecule has 2 unspecified atom stereocenters. The van der Waals surface area contributed by atoms with E-state index in [1.54, 1.807) is 11.9 Å². The minimum absolute atomic E-state index is 0.00949. The molecule has 1 heterocycles. The minimum Gasteiger partial charge on any atom is -0.343 e. The van der Waals surface area contributed by atoms with E-state index in [0.29, 0.717) is 13.0 Å². The van der Waals surface area contributed by atoms with Crippen LogP contribution < -0.4 is 5.32 Å². The number of nitriles is 1. The fourth-order valence-electron chi connectivity index (χ4n) is 1.75. The first-order valence-corrected chi connectivity index (χ1v) is 7.28. The quantitative estimate of drug-likeness (QED) is 0.879. The Morgan fingerprint density at radius 2 is 2.26 bits per heavy atom. The SMILES string of the molecule is CC(NC(C)c1ccc(Cl)s1)C(=O)N(C)CCC#N. The predicted octanol–water partition coefficient (Wildman–Crippen LogP) is 2.81. The fourth-order valence-corrected chi connectivity index (χ4v) is 2.82. The molecule has 6 heteroatoms. The van der Waals surface area contributed by atoms with Crippen molar-refractivity contribution in [2.45, 2.75) is 32.4 Å². The van der Waals surface area contributed by atoms with Gasteiger partial charge in [0.25, 0.3) is 0 Å². The lowest BCUT2D eigenvalue weighted by molar-refractivity contribution is -0.131. The third kappa shape index (κ3) is 4.83. The molecule has 0 fully saturated rings. The molecule has 0 aliphatic heterocycles. The second-order valence-electron chi connectivity index (χ2n) is 4.42. The van der Waals surface area contributed by atoms with E-state index in [9.17, 15) is 4.79 Å². The van der Waals surface area contributed by atoms with Crippen LogP contribution in [0.1, 0.15) is 31.2 Å². The van der Waals surface area contributed by atoms with Gasteiger partial charge in [0.15, 0.2) is 0 Å². The molecule has 0 aromatic carbocycles. The highest BCUT2D eigenvalue weighted by molar-refractivity contribution is 7.16. The van der Waals surface area contributed by atoms with Gasteiger partial charge >= 0.3 is 0 Å². The number of hydrogen-bond donors (Lipinski definition) is 1. The van der Waals surface area contributed by atoms with Gasteiger partial charge < -0.3 is 4.90 Å². The first kappa shape index (κ1) is 16.0. The van der Waals surface area contributed by atoms with E-state index in [-0.39, 0.29) is 18.0 Å². The maximum atomic E-state index is 12.1. The molecule has 0 aliphatic rings. The lowest BCUT2D eigenvalue weighted by Crippen LogP contribution is -2.44. The molecule has 0 aliphatic carbocycles. The van der Waals surface area contributed by atoms with Crippen LogP contribution in [0.2, 0.25) is 4.34 Å². The summed E-state index contributed by atoms with van der Waals surface area (Å²) in [6.07, 6.45) is 0.352. The minimum atomic E-state index is -0.292. The van der Waals surface area contributed by atoms with Crippen molar-refractivity contribution in [2.24, 2.45) is 0 Å². The zero-order valence-corrected chi connectivity index (χ0v) is 12.9. The molecule has 1 aromatic rings. The van der Waals surface area contributed by atoms with Gasteiger partial charge in [0, 0.05) is 24.5 Å². The second kappa shape index (κ2) is 7.49. The van der Waals surface area contributed by atoms with E-state index in [0.717, 1.165) is 9.21 Å². The standard InChI is InChI=1S/C13H18ClN3OS/c1-9(11-5-6-12(14)19-11)16-10(2)13(18)17(3)8-4-7-15/h5-6,9-10,16H,4,8H2,1-3H3.